The maximum absolute atomic E-state index is 12.3. The monoisotopic (exact) mass is 439 g/mol. The first-order valence-electron chi connectivity index (χ1n) is 10.8. The van der Waals surface area contributed by atoms with E-state index < -0.39 is 11.7 Å². The predicted octanol–water partition coefficient (Wildman–Crippen LogP) is 2.97. The third kappa shape index (κ3) is 4.90. The lowest BCUT2D eigenvalue weighted by atomic mass is 9.90. The second-order valence-corrected chi connectivity index (χ2v) is 9.18. The van der Waals surface area contributed by atoms with Gasteiger partial charge in [-0.15, -0.1) is 0 Å². The number of anilines is 1. The minimum Gasteiger partial charge on any atom is -0.444 e. The number of nitrogens with one attached hydrogen (secondary N) is 3. The van der Waals surface area contributed by atoms with E-state index >= 15 is 0 Å². The van der Waals surface area contributed by atoms with Crippen molar-refractivity contribution in [2.45, 2.75) is 64.1 Å². The lowest BCUT2D eigenvalue weighted by Gasteiger charge is -2.33. The Balaban J connectivity index is 1.60. The van der Waals surface area contributed by atoms with E-state index in [-0.39, 0.29) is 17.6 Å². The molecule has 1 aliphatic rings. The zero-order valence-corrected chi connectivity index (χ0v) is 18.8. The van der Waals surface area contributed by atoms with E-state index in [1.165, 1.54) is 6.20 Å². The SMILES string of the molecule is Cn1cc(-c2c[nH]c(=O)c3cnc(NC4CCCCC4NC(=O)OC(C)(C)C)nc23)cn1. The molecule has 0 radical (unpaired) electrons. The third-order valence-electron chi connectivity index (χ3n) is 5.43. The summed E-state index contributed by atoms with van der Waals surface area (Å²) in [6, 6.07) is -0.146. The molecule has 0 bridgehead atoms. The number of hydrogen-bond acceptors (Lipinski definition) is 7. The van der Waals surface area contributed by atoms with Gasteiger partial charge in [0.2, 0.25) is 5.95 Å². The second-order valence-electron chi connectivity index (χ2n) is 9.18. The highest BCUT2D eigenvalue weighted by Gasteiger charge is 2.29. The smallest absolute Gasteiger partial charge is 0.407 e. The maximum Gasteiger partial charge on any atom is 0.407 e. The Bertz CT molecular complexity index is 1180. The molecule has 0 aliphatic heterocycles. The largest absolute Gasteiger partial charge is 0.444 e. The first kappa shape index (κ1) is 21.8. The number of amides is 1. The van der Waals surface area contributed by atoms with Crippen molar-refractivity contribution >= 4 is 22.9 Å². The van der Waals surface area contributed by atoms with Crippen molar-refractivity contribution in [1.29, 1.82) is 0 Å². The van der Waals surface area contributed by atoms with Crippen LogP contribution >= 0.6 is 0 Å². The molecule has 32 heavy (non-hydrogen) atoms. The van der Waals surface area contributed by atoms with Gasteiger partial charge in [-0.1, -0.05) is 12.8 Å². The van der Waals surface area contributed by atoms with Crippen LogP contribution in [-0.4, -0.2) is 48.5 Å². The molecule has 1 saturated carbocycles. The van der Waals surface area contributed by atoms with Crippen molar-refractivity contribution in [3.8, 4) is 11.1 Å². The molecule has 0 spiro atoms. The van der Waals surface area contributed by atoms with Crippen LogP contribution in [0.5, 0.6) is 0 Å². The third-order valence-corrected chi connectivity index (χ3v) is 5.43. The van der Waals surface area contributed by atoms with Crippen molar-refractivity contribution < 1.29 is 9.53 Å². The van der Waals surface area contributed by atoms with Crippen LogP contribution in [0.1, 0.15) is 46.5 Å². The Morgan fingerprint density at radius 2 is 1.97 bits per heavy atom. The zero-order chi connectivity index (χ0) is 22.9. The van der Waals surface area contributed by atoms with E-state index in [0.717, 1.165) is 36.8 Å². The molecule has 2 atom stereocenters. The number of fused-ring (bicyclic) bond motifs is 1. The summed E-state index contributed by atoms with van der Waals surface area (Å²) < 4.78 is 7.12. The van der Waals surface area contributed by atoms with Gasteiger partial charge in [0.25, 0.3) is 5.56 Å². The van der Waals surface area contributed by atoms with E-state index in [2.05, 4.69) is 30.7 Å². The number of ether oxygens (including phenoxy) is 1. The topological polar surface area (TPSA) is 127 Å². The van der Waals surface area contributed by atoms with E-state index in [0.29, 0.717) is 16.9 Å². The summed E-state index contributed by atoms with van der Waals surface area (Å²) in [5, 5.41) is 11.0. The number of pyridine rings is 1. The average molecular weight is 440 g/mol. The number of nitrogens with zero attached hydrogens (tertiary/aromatic N) is 4. The lowest BCUT2D eigenvalue weighted by Crippen LogP contribution is -2.50. The molecule has 3 N–H and O–H groups in total. The van der Waals surface area contributed by atoms with Gasteiger partial charge in [0.1, 0.15) is 5.60 Å². The minimum absolute atomic E-state index is 0.0439. The van der Waals surface area contributed by atoms with Gasteiger partial charge in [-0.05, 0) is 33.6 Å². The number of carbonyl (C=O) groups is 1. The summed E-state index contributed by atoms with van der Waals surface area (Å²) in [7, 11) is 1.83. The number of aryl methyl sites for hydroxylation is 1. The zero-order valence-electron chi connectivity index (χ0n) is 18.8. The van der Waals surface area contributed by atoms with Crippen LogP contribution in [-0.2, 0) is 11.8 Å². The van der Waals surface area contributed by atoms with Crippen molar-refractivity contribution in [1.82, 2.24) is 30.0 Å². The first-order valence-corrected chi connectivity index (χ1v) is 10.8. The molecule has 3 aromatic rings. The number of carbonyl (C=O) groups excluding carboxylic acids is 1. The normalized spacial score (nSPS) is 19.0. The van der Waals surface area contributed by atoms with E-state index in [9.17, 15) is 9.59 Å². The van der Waals surface area contributed by atoms with Crippen LogP contribution in [0.25, 0.3) is 22.0 Å². The Kier molecular flexibility index (Phi) is 5.86. The summed E-state index contributed by atoms with van der Waals surface area (Å²) in [5.74, 6) is 0.413. The molecule has 10 nitrogen and oxygen atoms in total. The molecule has 1 aliphatic carbocycles. The van der Waals surface area contributed by atoms with Crippen LogP contribution in [0.15, 0.2) is 29.6 Å². The molecule has 4 rings (SSSR count). The molecule has 3 aromatic heterocycles. The van der Waals surface area contributed by atoms with Gasteiger partial charge in [-0.2, -0.15) is 5.10 Å². The summed E-state index contributed by atoms with van der Waals surface area (Å²) in [5.41, 5.74) is 1.36. The van der Waals surface area contributed by atoms with Crippen molar-refractivity contribution in [3.63, 3.8) is 0 Å². The molecule has 1 fully saturated rings. The Morgan fingerprint density at radius 3 is 2.66 bits per heavy atom. The molecule has 0 saturated heterocycles. The molecule has 2 unspecified atom stereocenters. The maximum atomic E-state index is 12.3. The molecule has 170 valence electrons. The van der Waals surface area contributed by atoms with Crippen molar-refractivity contribution in [3.05, 3.63) is 35.1 Å². The summed E-state index contributed by atoms with van der Waals surface area (Å²) in [4.78, 5) is 36.4. The molecule has 10 heteroatoms. The van der Waals surface area contributed by atoms with Gasteiger partial charge in [-0.25, -0.2) is 14.8 Å². The van der Waals surface area contributed by atoms with Crippen LogP contribution in [0, 0.1) is 0 Å². The lowest BCUT2D eigenvalue weighted by molar-refractivity contribution is 0.0488. The molecular weight excluding hydrogens is 410 g/mol. The van der Waals surface area contributed by atoms with Gasteiger partial charge >= 0.3 is 6.09 Å². The fraction of sp³-hybridized carbons (Fsp3) is 0.500. The highest BCUT2D eigenvalue weighted by Crippen LogP contribution is 2.26. The number of rotatable bonds is 4. The highest BCUT2D eigenvalue weighted by molar-refractivity contribution is 5.92. The van der Waals surface area contributed by atoms with E-state index in [1.54, 1.807) is 17.1 Å². The van der Waals surface area contributed by atoms with E-state index in [1.807, 2.05) is 34.0 Å². The summed E-state index contributed by atoms with van der Waals surface area (Å²) >= 11 is 0. The molecular formula is C22H29N7O3. The molecule has 3 heterocycles. The number of H-pyrrole nitrogens is 1. The van der Waals surface area contributed by atoms with Gasteiger partial charge in [0.15, 0.2) is 0 Å². The first-order chi connectivity index (χ1) is 15.2. The van der Waals surface area contributed by atoms with Crippen molar-refractivity contribution in [2.24, 2.45) is 7.05 Å². The Labute approximate surface area is 185 Å². The summed E-state index contributed by atoms with van der Waals surface area (Å²) in [6.07, 6.45) is 10.1. The van der Waals surface area contributed by atoms with Gasteiger partial charge in [0, 0.05) is 42.8 Å². The Hall–Kier alpha value is -3.43. The van der Waals surface area contributed by atoms with Gasteiger partial charge < -0.3 is 20.4 Å². The second kappa shape index (κ2) is 8.60. The average Bonchev–Trinajstić information content (AvgIpc) is 3.14. The fourth-order valence-corrected chi connectivity index (χ4v) is 3.99. The van der Waals surface area contributed by atoms with Crippen molar-refractivity contribution in [2.75, 3.05) is 5.32 Å². The van der Waals surface area contributed by atoms with Crippen LogP contribution in [0.2, 0.25) is 0 Å². The van der Waals surface area contributed by atoms with Crippen LogP contribution < -0.4 is 16.2 Å². The fourth-order valence-electron chi connectivity index (χ4n) is 3.99. The van der Waals surface area contributed by atoms with E-state index in [4.69, 9.17) is 4.74 Å². The van der Waals surface area contributed by atoms with Crippen LogP contribution in [0.3, 0.4) is 0 Å². The summed E-state index contributed by atoms with van der Waals surface area (Å²) in [6.45, 7) is 5.52. The quantitative estimate of drug-likeness (QED) is 0.570. The Morgan fingerprint density at radius 1 is 1.22 bits per heavy atom. The molecule has 0 aromatic carbocycles. The predicted molar refractivity (Wildman–Crippen MR) is 121 cm³/mol. The standard InChI is InChI=1S/C22H29N7O3/c1-22(2,3)32-21(31)27-17-8-6-5-7-16(17)26-20-24-11-15-18(28-20)14(10-23-19(15)30)13-9-25-29(4)12-13/h9-12,16-17H,5-8H2,1-4H3,(H,23,30)(H,27,31)(H,24,26,28). The van der Waals surface area contributed by atoms with Gasteiger partial charge in [-0.3, -0.25) is 9.48 Å². The van der Waals surface area contributed by atoms with Gasteiger partial charge in [0.05, 0.1) is 23.1 Å². The number of aromatic amines is 1. The number of aromatic nitrogens is 5. The highest BCUT2D eigenvalue weighted by atomic mass is 16.6. The number of hydrogen-bond donors (Lipinski definition) is 3. The number of alkyl carbamates (subject to hydrolysis) is 1. The van der Waals surface area contributed by atoms with Crippen LogP contribution in [0.4, 0.5) is 10.7 Å². The minimum atomic E-state index is -0.557. The molecule has 1 amide bonds.